The average molecular weight is 251 g/mol. The van der Waals surface area contributed by atoms with E-state index < -0.39 is 0 Å². The lowest BCUT2D eigenvalue weighted by atomic mass is 10.2. The van der Waals surface area contributed by atoms with Gasteiger partial charge in [0, 0.05) is 0 Å². The third-order valence-corrected chi connectivity index (χ3v) is 3.05. The van der Waals surface area contributed by atoms with E-state index in [1.807, 2.05) is 0 Å². The summed E-state index contributed by atoms with van der Waals surface area (Å²) < 4.78 is 7.30. The van der Waals surface area contributed by atoms with Gasteiger partial charge in [-0.05, 0) is 12.8 Å². The van der Waals surface area contributed by atoms with Crippen molar-refractivity contribution >= 4 is 17.1 Å². The fourth-order valence-corrected chi connectivity index (χ4v) is 2.18. The number of aromatic nitrogens is 4. The maximum absolute atomic E-state index is 11.6. The maximum Gasteiger partial charge on any atom is 0.280 e. The molecular weight excluding hydrogens is 238 g/mol. The first kappa shape index (κ1) is 11.2. The topological polar surface area (TPSA) is 119 Å². The third kappa shape index (κ3) is 1.66. The summed E-state index contributed by atoms with van der Waals surface area (Å²) in [7, 11) is 0. The van der Waals surface area contributed by atoms with Crippen molar-refractivity contribution < 1.29 is 9.84 Å². The Labute approximate surface area is 101 Å². The number of aromatic amines is 1. The van der Waals surface area contributed by atoms with Gasteiger partial charge in [0.05, 0.1) is 19.0 Å². The van der Waals surface area contributed by atoms with Crippen LogP contribution in [0.2, 0.25) is 0 Å². The molecule has 3 rings (SSSR count). The second-order valence-corrected chi connectivity index (χ2v) is 4.25. The number of nitrogen functional groups attached to an aromatic ring is 1. The molecule has 0 radical (unpaired) electrons. The number of nitrogens with one attached hydrogen (secondary N) is 1. The van der Waals surface area contributed by atoms with Crippen molar-refractivity contribution in [3.8, 4) is 0 Å². The minimum atomic E-state index is -0.368. The van der Waals surface area contributed by atoms with Gasteiger partial charge in [-0.3, -0.25) is 14.3 Å². The number of nitrogens with zero attached hydrogens (tertiary/aromatic N) is 3. The fourth-order valence-electron chi connectivity index (χ4n) is 2.18. The molecule has 1 saturated heterocycles. The second kappa shape index (κ2) is 4.07. The highest BCUT2D eigenvalue weighted by Crippen LogP contribution is 2.29. The Morgan fingerprint density at radius 2 is 2.44 bits per heavy atom. The van der Waals surface area contributed by atoms with Crippen LogP contribution >= 0.6 is 0 Å². The van der Waals surface area contributed by atoms with Crippen molar-refractivity contribution in [2.24, 2.45) is 0 Å². The summed E-state index contributed by atoms with van der Waals surface area (Å²) in [5.41, 5.74) is 5.79. The van der Waals surface area contributed by atoms with Gasteiger partial charge in [-0.1, -0.05) is 0 Å². The van der Waals surface area contributed by atoms with Gasteiger partial charge in [0.15, 0.2) is 11.2 Å². The lowest BCUT2D eigenvalue weighted by Crippen LogP contribution is -2.16. The SMILES string of the molecule is Nc1nc2c(ncn2[C@@H]2CC[C@H](CO)O2)c(=O)[nH]1. The van der Waals surface area contributed by atoms with Crippen LogP contribution in [0, 0.1) is 0 Å². The van der Waals surface area contributed by atoms with Crippen LogP contribution in [0.15, 0.2) is 11.1 Å². The monoisotopic (exact) mass is 251 g/mol. The van der Waals surface area contributed by atoms with Crippen LogP contribution in [0.1, 0.15) is 19.1 Å². The molecule has 18 heavy (non-hydrogen) atoms. The summed E-state index contributed by atoms with van der Waals surface area (Å²) in [4.78, 5) is 22.1. The number of nitrogens with two attached hydrogens (primary N) is 1. The van der Waals surface area contributed by atoms with Gasteiger partial charge < -0.3 is 15.6 Å². The Balaban J connectivity index is 2.05. The highest BCUT2D eigenvalue weighted by atomic mass is 16.5. The third-order valence-electron chi connectivity index (χ3n) is 3.05. The number of anilines is 1. The van der Waals surface area contributed by atoms with Gasteiger partial charge in [0.2, 0.25) is 5.95 Å². The second-order valence-electron chi connectivity index (χ2n) is 4.25. The molecule has 0 aromatic carbocycles. The Morgan fingerprint density at radius 3 is 3.17 bits per heavy atom. The van der Waals surface area contributed by atoms with Crippen molar-refractivity contribution in [1.82, 2.24) is 19.5 Å². The molecule has 0 bridgehead atoms. The Kier molecular flexibility index (Phi) is 2.53. The molecule has 8 heteroatoms. The van der Waals surface area contributed by atoms with E-state index >= 15 is 0 Å². The summed E-state index contributed by atoms with van der Waals surface area (Å²) in [6, 6.07) is 0. The van der Waals surface area contributed by atoms with E-state index in [4.69, 9.17) is 15.6 Å². The van der Waals surface area contributed by atoms with Crippen LogP contribution in [-0.4, -0.2) is 37.3 Å². The van der Waals surface area contributed by atoms with E-state index in [9.17, 15) is 4.79 Å². The van der Waals surface area contributed by atoms with Gasteiger partial charge in [0.25, 0.3) is 5.56 Å². The summed E-state index contributed by atoms with van der Waals surface area (Å²) >= 11 is 0. The minimum Gasteiger partial charge on any atom is -0.394 e. The lowest BCUT2D eigenvalue weighted by molar-refractivity contribution is -0.0207. The number of ether oxygens (including phenoxy) is 1. The summed E-state index contributed by atoms with van der Waals surface area (Å²) in [5, 5.41) is 9.04. The molecule has 2 aromatic rings. The van der Waals surface area contributed by atoms with Gasteiger partial charge >= 0.3 is 0 Å². The first-order valence-electron chi connectivity index (χ1n) is 5.67. The smallest absolute Gasteiger partial charge is 0.280 e. The van der Waals surface area contributed by atoms with Gasteiger partial charge in [-0.15, -0.1) is 0 Å². The summed E-state index contributed by atoms with van der Waals surface area (Å²) in [6.45, 7) is -0.0146. The van der Waals surface area contributed by atoms with Crippen LogP contribution in [-0.2, 0) is 4.74 Å². The molecule has 96 valence electrons. The van der Waals surface area contributed by atoms with E-state index in [2.05, 4.69) is 15.0 Å². The number of fused-ring (bicyclic) bond motifs is 1. The number of rotatable bonds is 2. The molecule has 1 aliphatic heterocycles. The Bertz CT molecular complexity index is 634. The quantitative estimate of drug-likeness (QED) is 0.654. The van der Waals surface area contributed by atoms with Gasteiger partial charge in [-0.2, -0.15) is 4.98 Å². The van der Waals surface area contributed by atoms with E-state index in [1.165, 1.54) is 6.33 Å². The number of hydrogen-bond acceptors (Lipinski definition) is 6. The van der Waals surface area contributed by atoms with Crippen LogP contribution in [0.3, 0.4) is 0 Å². The van der Waals surface area contributed by atoms with E-state index in [0.717, 1.165) is 12.8 Å². The van der Waals surface area contributed by atoms with Crippen LogP contribution in [0.25, 0.3) is 11.2 Å². The number of hydrogen-bond donors (Lipinski definition) is 3. The summed E-state index contributed by atoms with van der Waals surface area (Å²) in [6.07, 6.45) is 2.58. The van der Waals surface area contributed by atoms with Crippen LogP contribution in [0.5, 0.6) is 0 Å². The van der Waals surface area contributed by atoms with Crippen molar-refractivity contribution in [2.75, 3.05) is 12.3 Å². The number of imidazole rings is 1. The van der Waals surface area contributed by atoms with Crippen molar-refractivity contribution in [2.45, 2.75) is 25.2 Å². The highest BCUT2D eigenvalue weighted by Gasteiger charge is 2.27. The normalized spacial score (nSPS) is 23.8. The van der Waals surface area contributed by atoms with Crippen molar-refractivity contribution in [3.63, 3.8) is 0 Å². The van der Waals surface area contributed by atoms with E-state index in [0.29, 0.717) is 5.65 Å². The largest absolute Gasteiger partial charge is 0.394 e. The molecule has 0 aliphatic carbocycles. The van der Waals surface area contributed by atoms with Crippen molar-refractivity contribution in [3.05, 3.63) is 16.7 Å². The van der Waals surface area contributed by atoms with Crippen molar-refractivity contribution in [1.29, 1.82) is 0 Å². The van der Waals surface area contributed by atoms with E-state index in [1.54, 1.807) is 4.57 Å². The Morgan fingerprint density at radius 1 is 1.61 bits per heavy atom. The molecule has 8 nitrogen and oxygen atoms in total. The molecular formula is C10H13N5O3. The molecule has 1 aliphatic rings. The molecule has 2 aromatic heterocycles. The zero-order valence-corrected chi connectivity index (χ0v) is 9.54. The molecule has 2 atom stereocenters. The van der Waals surface area contributed by atoms with Gasteiger partial charge in [0.1, 0.15) is 6.23 Å². The molecule has 0 spiro atoms. The average Bonchev–Trinajstić information content (AvgIpc) is 2.93. The van der Waals surface area contributed by atoms with E-state index in [-0.39, 0.29) is 36.0 Å². The molecule has 0 amide bonds. The molecule has 3 heterocycles. The first-order valence-corrected chi connectivity index (χ1v) is 5.67. The van der Waals surface area contributed by atoms with Crippen LogP contribution < -0.4 is 11.3 Å². The molecule has 0 saturated carbocycles. The standard InChI is InChI=1S/C10H13N5O3/c11-10-13-8-7(9(17)14-10)12-4-15(8)6-2-1-5(3-16)18-6/h4-6,16H,1-3H2,(H3,11,13,14,17)/t5-,6+/m1/s1. The zero-order chi connectivity index (χ0) is 12.7. The predicted octanol–water partition coefficient (Wildman–Crippen LogP) is -0.628. The van der Waals surface area contributed by atoms with Crippen LogP contribution in [0.4, 0.5) is 5.95 Å². The van der Waals surface area contributed by atoms with Gasteiger partial charge in [-0.25, -0.2) is 4.98 Å². The maximum atomic E-state index is 11.6. The molecule has 4 N–H and O–H groups in total. The fraction of sp³-hybridized carbons (Fsp3) is 0.500. The number of aliphatic hydroxyl groups is 1. The lowest BCUT2D eigenvalue weighted by Gasteiger charge is -2.13. The number of aliphatic hydroxyl groups excluding tert-OH is 1. The number of H-pyrrole nitrogens is 1. The zero-order valence-electron chi connectivity index (χ0n) is 9.54. The molecule has 0 unspecified atom stereocenters. The molecule has 1 fully saturated rings. The predicted molar refractivity (Wildman–Crippen MR) is 62.8 cm³/mol. The highest BCUT2D eigenvalue weighted by molar-refractivity contribution is 5.70. The first-order chi connectivity index (χ1) is 8.69. The Hall–Kier alpha value is -1.93. The summed E-state index contributed by atoms with van der Waals surface area (Å²) in [5.74, 6) is 0.0472. The minimum absolute atomic E-state index is 0.0146.